The normalized spacial score (nSPS) is 15.4. The van der Waals surface area contributed by atoms with Gasteiger partial charge in [0, 0.05) is 66.8 Å². The van der Waals surface area contributed by atoms with Crippen LogP contribution in [0.1, 0.15) is 5.56 Å². The third-order valence-corrected chi connectivity index (χ3v) is 8.86. The van der Waals surface area contributed by atoms with Crippen LogP contribution in [-0.4, -0.2) is 70.6 Å². The highest BCUT2D eigenvalue weighted by molar-refractivity contribution is 7.89. The maximum Gasteiger partial charge on any atom is 0.243 e. The van der Waals surface area contributed by atoms with Gasteiger partial charge in [0.1, 0.15) is 5.65 Å². The first-order valence-corrected chi connectivity index (χ1v) is 13.7. The van der Waals surface area contributed by atoms with Crippen LogP contribution in [0.5, 0.6) is 0 Å². The van der Waals surface area contributed by atoms with Gasteiger partial charge in [0.2, 0.25) is 10.0 Å². The van der Waals surface area contributed by atoms with Gasteiger partial charge < -0.3 is 9.88 Å². The van der Waals surface area contributed by atoms with Crippen molar-refractivity contribution in [1.29, 1.82) is 0 Å². The van der Waals surface area contributed by atoms with Gasteiger partial charge >= 0.3 is 0 Å². The smallest absolute Gasteiger partial charge is 0.243 e. The Labute approximate surface area is 216 Å². The van der Waals surface area contributed by atoms with Crippen LogP contribution in [0.25, 0.3) is 33.3 Å². The van der Waals surface area contributed by atoms with E-state index < -0.39 is 10.0 Å². The number of aromatic nitrogens is 4. The van der Waals surface area contributed by atoms with Crippen LogP contribution in [-0.2, 0) is 16.6 Å². The van der Waals surface area contributed by atoms with E-state index in [2.05, 4.69) is 38.2 Å². The predicted molar refractivity (Wildman–Crippen MR) is 145 cm³/mol. The van der Waals surface area contributed by atoms with Gasteiger partial charge in [-0.05, 0) is 36.4 Å². The minimum absolute atomic E-state index is 0.322. The Morgan fingerprint density at radius 2 is 1.65 bits per heavy atom. The molecular weight excluding hydrogens is 484 g/mol. The molecule has 0 atom stereocenters. The fourth-order valence-corrected chi connectivity index (χ4v) is 6.18. The third-order valence-electron chi connectivity index (χ3n) is 6.95. The number of likely N-dealkylation sites (N-methyl/N-ethyl adjacent to an activating group) is 1. The predicted octanol–water partition coefficient (Wildman–Crippen LogP) is 4.08. The number of hydrogen-bond donors (Lipinski definition) is 1. The van der Waals surface area contributed by atoms with Crippen LogP contribution >= 0.6 is 0 Å². The van der Waals surface area contributed by atoms with Gasteiger partial charge in [0.15, 0.2) is 0 Å². The molecule has 0 aliphatic carbocycles. The summed E-state index contributed by atoms with van der Waals surface area (Å²) in [6.07, 6.45) is 7.68. The lowest BCUT2D eigenvalue weighted by molar-refractivity contribution is 0.222. The summed E-state index contributed by atoms with van der Waals surface area (Å²) in [5.74, 6) is 0. The van der Waals surface area contributed by atoms with E-state index in [1.807, 2.05) is 66.8 Å². The molecule has 4 heterocycles. The van der Waals surface area contributed by atoms with Crippen molar-refractivity contribution in [2.24, 2.45) is 0 Å². The highest BCUT2D eigenvalue weighted by Crippen LogP contribution is 2.31. The van der Waals surface area contributed by atoms with Crippen LogP contribution in [0.2, 0.25) is 0 Å². The molecule has 9 heteroatoms. The second-order valence-electron chi connectivity index (χ2n) is 9.47. The Hall–Kier alpha value is -3.79. The van der Waals surface area contributed by atoms with Gasteiger partial charge in [-0.1, -0.05) is 42.5 Å². The second kappa shape index (κ2) is 9.59. The molecule has 0 unspecified atom stereocenters. The van der Waals surface area contributed by atoms with Gasteiger partial charge in [0.25, 0.3) is 0 Å². The summed E-state index contributed by atoms with van der Waals surface area (Å²) < 4.78 is 29.7. The fourth-order valence-electron chi connectivity index (χ4n) is 4.76. The summed E-state index contributed by atoms with van der Waals surface area (Å²) in [6, 6.07) is 19.4. The van der Waals surface area contributed by atoms with Gasteiger partial charge in [-0.25, -0.2) is 13.4 Å². The van der Waals surface area contributed by atoms with Crippen LogP contribution in [0.4, 0.5) is 0 Å². The number of fused-ring (bicyclic) bond motifs is 1. The zero-order valence-corrected chi connectivity index (χ0v) is 21.4. The summed E-state index contributed by atoms with van der Waals surface area (Å²) >= 11 is 0. The highest BCUT2D eigenvalue weighted by Gasteiger charge is 2.27. The molecule has 2 aromatic carbocycles. The Morgan fingerprint density at radius 3 is 2.41 bits per heavy atom. The number of nitrogens with zero attached hydrogens (tertiary/aromatic N) is 5. The number of sulfonamides is 1. The third kappa shape index (κ3) is 4.69. The monoisotopic (exact) mass is 512 g/mol. The quantitative estimate of drug-likeness (QED) is 0.371. The minimum Gasteiger partial charge on any atom is -0.346 e. The zero-order valence-electron chi connectivity index (χ0n) is 20.6. The van der Waals surface area contributed by atoms with Crippen molar-refractivity contribution >= 4 is 21.1 Å². The largest absolute Gasteiger partial charge is 0.346 e. The van der Waals surface area contributed by atoms with E-state index >= 15 is 0 Å². The van der Waals surface area contributed by atoms with Crippen molar-refractivity contribution in [2.45, 2.75) is 11.4 Å². The number of nitrogens with one attached hydrogen (secondary N) is 1. The highest BCUT2D eigenvalue weighted by atomic mass is 32.2. The maximum atomic E-state index is 13.1. The number of H-pyrrole nitrogens is 1. The molecule has 0 spiro atoms. The SMILES string of the molecule is CN1CCN(S(=O)(=O)c2ccc(-c3cnc4[nH]cc(-c5cnn(Cc6ccccc6)c5)c4c3)cc2)CC1. The van der Waals surface area contributed by atoms with E-state index in [-0.39, 0.29) is 0 Å². The van der Waals surface area contributed by atoms with Gasteiger partial charge in [-0.2, -0.15) is 9.40 Å². The number of hydrogen-bond acceptors (Lipinski definition) is 5. The van der Waals surface area contributed by atoms with Crippen molar-refractivity contribution in [3.05, 3.63) is 91.0 Å². The molecule has 6 rings (SSSR count). The van der Waals surface area contributed by atoms with Crippen LogP contribution in [0, 0.1) is 0 Å². The van der Waals surface area contributed by atoms with Crippen molar-refractivity contribution in [3.63, 3.8) is 0 Å². The molecule has 1 aliphatic heterocycles. The molecular formula is C28H28N6O2S. The average molecular weight is 513 g/mol. The lowest BCUT2D eigenvalue weighted by Crippen LogP contribution is -2.46. The minimum atomic E-state index is -3.50. The molecule has 1 fully saturated rings. The Kier molecular flexibility index (Phi) is 6.11. The van der Waals surface area contributed by atoms with Crippen LogP contribution in [0.15, 0.2) is 90.3 Å². The second-order valence-corrected chi connectivity index (χ2v) is 11.4. The van der Waals surface area contributed by atoms with Gasteiger partial charge in [-0.3, -0.25) is 4.68 Å². The zero-order chi connectivity index (χ0) is 25.4. The van der Waals surface area contributed by atoms with E-state index in [1.165, 1.54) is 5.56 Å². The molecule has 5 aromatic rings. The first kappa shape index (κ1) is 23.6. The van der Waals surface area contributed by atoms with E-state index in [0.717, 1.165) is 46.4 Å². The number of pyridine rings is 1. The molecule has 1 N–H and O–H groups in total. The van der Waals surface area contributed by atoms with E-state index in [1.54, 1.807) is 16.4 Å². The molecule has 0 bridgehead atoms. The number of piperazine rings is 1. The summed E-state index contributed by atoms with van der Waals surface area (Å²) in [4.78, 5) is 10.3. The molecule has 188 valence electrons. The van der Waals surface area contributed by atoms with Crippen LogP contribution < -0.4 is 0 Å². The Morgan fingerprint density at radius 1 is 0.892 bits per heavy atom. The van der Waals surface area contributed by atoms with E-state index in [0.29, 0.717) is 24.5 Å². The number of aromatic amines is 1. The topological polar surface area (TPSA) is 87.1 Å². The van der Waals surface area contributed by atoms with Gasteiger partial charge in [-0.15, -0.1) is 0 Å². The summed E-state index contributed by atoms with van der Waals surface area (Å²) in [5.41, 5.74) is 5.86. The lowest BCUT2D eigenvalue weighted by atomic mass is 10.0. The fraction of sp³-hybridized carbons (Fsp3) is 0.214. The molecule has 8 nitrogen and oxygen atoms in total. The molecule has 0 radical (unpaired) electrons. The summed E-state index contributed by atoms with van der Waals surface area (Å²) in [6.45, 7) is 3.22. The van der Waals surface area contributed by atoms with Crippen molar-refractivity contribution in [3.8, 4) is 22.3 Å². The summed E-state index contributed by atoms with van der Waals surface area (Å²) in [5, 5.41) is 5.54. The van der Waals surface area contributed by atoms with Crippen LogP contribution in [0.3, 0.4) is 0 Å². The molecule has 37 heavy (non-hydrogen) atoms. The Balaban J connectivity index is 1.26. The standard InChI is InChI=1S/C28H28N6O2S/c1-32-11-13-34(14-12-32)37(35,36)25-9-7-22(8-10-25)23-15-26-27(18-30-28(26)29-16-23)24-17-31-33(20-24)19-21-5-3-2-4-6-21/h2-10,15-18,20H,11-14,19H2,1H3,(H,29,30). The maximum absolute atomic E-state index is 13.1. The molecule has 0 amide bonds. The first-order chi connectivity index (χ1) is 18.0. The van der Waals surface area contributed by atoms with E-state index in [9.17, 15) is 8.42 Å². The van der Waals surface area contributed by atoms with Crippen molar-refractivity contribution < 1.29 is 8.42 Å². The molecule has 1 aliphatic rings. The molecule has 0 saturated carbocycles. The molecule has 1 saturated heterocycles. The van der Waals surface area contributed by atoms with E-state index in [4.69, 9.17) is 0 Å². The summed E-state index contributed by atoms with van der Waals surface area (Å²) in [7, 11) is -1.49. The average Bonchev–Trinajstić information content (AvgIpc) is 3.56. The van der Waals surface area contributed by atoms with Gasteiger partial charge in [0.05, 0.1) is 17.6 Å². The Bertz CT molecular complexity index is 1630. The van der Waals surface area contributed by atoms with Crippen molar-refractivity contribution in [1.82, 2.24) is 29.0 Å². The number of rotatable bonds is 6. The lowest BCUT2D eigenvalue weighted by Gasteiger charge is -2.31. The number of benzene rings is 2. The molecule has 3 aromatic heterocycles. The van der Waals surface area contributed by atoms with Crippen molar-refractivity contribution in [2.75, 3.05) is 33.2 Å². The first-order valence-electron chi connectivity index (χ1n) is 12.3.